The van der Waals surface area contributed by atoms with E-state index in [4.69, 9.17) is 5.73 Å². The van der Waals surface area contributed by atoms with Gasteiger partial charge in [0.05, 0.1) is 11.4 Å². The number of anilines is 2. The molecule has 0 fully saturated rings. The predicted molar refractivity (Wildman–Crippen MR) is 72.8 cm³/mol. The van der Waals surface area contributed by atoms with Crippen LogP contribution in [0.15, 0.2) is 41.3 Å². The van der Waals surface area contributed by atoms with Crippen LogP contribution in [-0.4, -0.2) is 8.42 Å². The molecule has 0 unspecified atom stereocenters. The van der Waals surface area contributed by atoms with Crippen molar-refractivity contribution in [3.8, 4) is 0 Å². The van der Waals surface area contributed by atoms with Gasteiger partial charge >= 0.3 is 0 Å². The van der Waals surface area contributed by atoms with E-state index < -0.39 is 27.3 Å². The van der Waals surface area contributed by atoms with Crippen molar-refractivity contribution in [1.82, 2.24) is 0 Å². The van der Waals surface area contributed by atoms with E-state index in [9.17, 15) is 17.2 Å². The van der Waals surface area contributed by atoms with Crippen LogP contribution in [0.25, 0.3) is 0 Å². The molecule has 7 heteroatoms. The number of halogens is 2. The molecule has 0 aliphatic carbocycles. The second-order valence-electron chi connectivity index (χ2n) is 4.27. The van der Waals surface area contributed by atoms with Crippen LogP contribution >= 0.6 is 0 Å². The molecule has 0 radical (unpaired) electrons. The molecule has 106 valence electrons. The maximum atomic E-state index is 13.5. The molecule has 2 rings (SSSR count). The summed E-state index contributed by atoms with van der Waals surface area (Å²) >= 11 is 0. The molecule has 0 aliphatic rings. The summed E-state index contributed by atoms with van der Waals surface area (Å²) in [6.45, 7) is 1.76. The Bertz CT molecular complexity index is 761. The molecule has 0 saturated carbocycles. The lowest BCUT2D eigenvalue weighted by atomic mass is 10.2. The first-order valence-corrected chi connectivity index (χ1v) is 7.12. The van der Waals surface area contributed by atoms with Crippen LogP contribution in [-0.2, 0) is 10.0 Å². The Morgan fingerprint density at radius 1 is 1.10 bits per heavy atom. The lowest BCUT2D eigenvalue weighted by Gasteiger charge is -2.11. The number of nitrogens with one attached hydrogen (secondary N) is 1. The number of sulfonamides is 1. The minimum Gasteiger partial charge on any atom is -0.398 e. The minimum atomic E-state index is -4.08. The number of nitrogen functional groups attached to an aromatic ring is 1. The average molecular weight is 298 g/mol. The highest BCUT2D eigenvalue weighted by Gasteiger charge is 2.19. The molecule has 4 nitrogen and oxygen atoms in total. The first-order chi connectivity index (χ1) is 9.29. The number of hydrogen-bond acceptors (Lipinski definition) is 3. The third-order valence-electron chi connectivity index (χ3n) is 2.63. The second kappa shape index (κ2) is 5.09. The molecular formula is C13H12F2N2O2S. The van der Waals surface area contributed by atoms with Crippen molar-refractivity contribution in [2.75, 3.05) is 10.5 Å². The fourth-order valence-electron chi connectivity index (χ4n) is 1.69. The molecule has 0 spiro atoms. The van der Waals surface area contributed by atoms with Crippen LogP contribution in [0.5, 0.6) is 0 Å². The van der Waals surface area contributed by atoms with Gasteiger partial charge in [0, 0.05) is 6.07 Å². The molecule has 0 heterocycles. The molecule has 0 atom stereocenters. The third-order valence-corrected chi connectivity index (χ3v) is 4.07. The van der Waals surface area contributed by atoms with Gasteiger partial charge in [0.1, 0.15) is 16.5 Å². The summed E-state index contributed by atoms with van der Waals surface area (Å²) in [5.74, 6) is -1.62. The molecule has 0 aliphatic heterocycles. The van der Waals surface area contributed by atoms with E-state index in [1.165, 1.54) is 12.1 Å². The lowest BCUT2D eigenvalue weighted by molar-refractivity contribution is 0.594. The number of nitrogens with two attached hydrogens (primary N) is 1. The Kier molecular flexibility index (Phi) is 3.63. The highest BCUT2D eigenvalue weighted by atomic mass is 32.2. The van der Waals surface area contributed by atoms with Gasteiger partial charge in [-0.2, -0.15) is 0 Å². The number of benzene rings is 2. The SMILES string of the molecule is Cc1ccc(S(=O)(=O)Nc2cc(F)ccc2F)c(N)c1. The highest BCUT2D eigenvalue weighted by molar-refractivity contribution is 7.92. The molecule has 20 heavy (non-hydrogen) atoms. The first-order valence-electron chi connectivity index (χ1n) is 5.63. The summed E-state index contributed by atoms with van der Waals surface area (Å²) in [7, 11) is -4.08. The molecule has 0 bridgehead atoms. The average Bonchev–Trinajstić information content (AvgIpc) is 2.33. The normalized spacial score (nSPS) is 11.3. The largest absolute Gasteiger partial charge is 0.398 e. The van der Waals surface area contributed by atoms with Gasteiger partial charge in [-0.25, -0.2) is 17.2 Å². The van der Waals surface area contributed by atoms with E-state index in [2.05, 4.69) is 0 Å². The first kappa shape index (κ1) is 14.3. The molecule has 2 aromatic carbocycles. The van der Waals surface area contributed by atoms with Crippen LogP contribution < -0.4 is 10.5 Å². The van der Waals surface area contributed by atoms with E-state index >= 15 is 0 Å². The highest BCUT2D eigenvalue weighted by Crippen LogP contribution is 2.24. The van der Waals surface area contributed by atoms with Crippen molar-refractivity contribution in [1.29, 1.82) is 0 Å². The Morgan fingerprint density at radius 3 is 2.45 bits per heavy atom. The van der Waals surface area contributed by atoms with E-state index in [0.29, 0.717) is 0 Å². The third kappa shape index (κ3) is 2.88. The van der Waals surface area contributed by atoms with Crippen molar-refractivity contribution in [2.24, 2.45) is 0 Å². The summed E-state index contributed by atoms with van der Waals surface area (Å²) in [6.07, 6.45) is 0. The Balaban J connectivity index is 2.43. The summed E-state index contributed by atoms with van der Waals surface area (Å²) in [5.41, 5.74) is 6.00. The van der Waals surface area contributed by atoms with Crippen LogP contribution in [0.3, 0.4) is 0 Å². The van der Waals surface area contributed by atoms with Crippen LogP contribution in [0, 0.1) is 18.6 Å². The van der Waals surface area contributed by atoms with Gasteiger partial charge in [-0.1, -0.05) is 6.07 Å². The van der Waals surface area contributed by atoms with Crippen molar-refractivity contribution in [2.45, 2.75) is 11.8 Å². The quantitative estimate of drug-likeness (QED) is 0.856. The molecule has 0 aromatic heterocycles. The van der Waals surface area contributed by atoms with E-state index in [1.54, 1.807) is 13.0 Å². The summed E-state index contributed by atoms with van der Waals surface area (Å²) in [6, 6.07) is 6.85. The summed E-state index contributed by atoms with van der Waals surface area (Å²) < 4.78 is 52.7. The lowest BCUT2D eigenvalue weighted by Crippen LogP contribution is -2.16. The number of aryl methyl sites for hydroxylation is 1. The van der Waals surface area contributed by atoms with Gasteiger partial charge in [-0.3, -0.25) is 4.72 Å². The molecule has 0 amide bonds. The Hall–Kier alpha value is -2.15. The van der Waals surface area contributed by atoms with Gasteiger partial charge in [-0.15, -0.1) is 0 Å². The van der Waals surface area contributed by atoms with Gasteiger partial charge < -0.3 is 5.73 Å². The molecule has 2 aromatic rings. The summed E-state index contributed by atoms with van der Waals surface area (Å²) in [4.78, 5) is -0.188. The van der Waals surface area contributed by atoms with Crippen LogP contribution in [0.1, 0.15) is 5.56 Å². The van der Waals surface area contributed by atoms with E-state index in [0.717, 1.165) is 23.8 Å². The monoisotopic (exact) mass is 298 g/mol. The minimum absolute atomic E-state index is 0.0364. The summed E-state index contributed by atoms with van der Waals surface area (Å²) in [5, 5.41) is 0. The van der Waals surface area contributed by atoms with Gasteiger partial charge in [-0.05, 0) is 36.8 Å². The zero-order valence-electron chi connectivity index (χ0n) is 10.5. The van der Waals surface area contributed by atoms with Crippen molar-refractivity contribution in [3.63, 3.8) is 0 Å². The van der Waals surface area contributed by atoms with E-state index in [1.807, 2.05) is 4.72 Å². The van der Waals surface area contributed by atoms with Gasteiger partial charge in [0.25, 0.3) is 10.0 Å². The topological polar surface area (TPSA) is 72.2 Å². The van der Waals surface area contributed by atoms with E-state index in [-0.39, 0.29) is 10.6 Å². The number of hydrogen-bond donors (Lipinski definition) is 2. The van der Waals surface area contributed by atoms with Crippen LogP contribution in [0.4, 0.5) is 20.2 Å². The van der Waals surface area contributed by atoms with Crippen molar-refractivity contribution < 1.29 is 17.2 Å². The van der Waals surface area contributed by atoms with Crippen LogP contribution in [0.2, 0.25) is 0 Å². The molecule has 3 N–H and O–H groups in total. The predicted octanol–water partition coefficient (Wildman–Crippen LogP) is 2.66. The van der Waals surface area contributed by atoms with Gasteiger partial charge in [0.2, 0.25) is 0 Å². The van der Waals surface area contributed by atoms with Crippen molar-refractivity contribution >= 4 is 21.4 Å². The molecule has 0 saturated heterocycles. The second-order valence-corrected chi connectivity index (χ2v) is 5.92. The zero-order valence-corrected chi connectivity index (χ0v) is 11.3. The fraction of sp³-hybridized carbons (Fsp3) is 0.0769. The van der Waals surface area contributed by atoms with Crippen molar-refractivity contribution in [3.05, 3.63) is 53.6 Å². The zero-order chi connectivity index (χ0) is 14.9. The maximum absolute atomic E-state index is 13.5. The number of rotatable bonds is 3. The van der Waals surface area contributed by atoms with Gasteiger partial charge in [0.15, 0.2) is 0 Å². The Labute approximate surface area is 115 Å². The molecular weight excluding hydrogens is 286 g/mol. The maximum Gasteiger partial charge on any atom is 0.264 e. The fourth-order valence-corrected chi connectivity index (χ4v) is 2.86. The Morgan fingerprint density at radius 2 is 1.80 bits per heavy atom. The standard InChI is InChI=1S/C13H12F2N2O2S/c1-8-2-5-13(11(16)6-8)20(18,19)17-12-7-9(14)3-4-10(12)15/h2-7,17H,16H2,1H3. The smallest absolute Gasteiger partial charge is 0.264 e.